The van der Waals surface area contributed by atoms with Crippen molar-refractivity contribution in [2.75, 3.05) is 44.9 Å². The molecule has 0 radical (unpaired) electrons. The molecule has 2 fully saturated rings. The van der Waals surface area contributed by atoms with Crippen LogP contribution in [0.4, 0.5) is 10.1 Å². The number of ether oxygens (including phenoxy) is 2. The van der Waals surface area contributed by atoms with E-state index in [0.29, 0.717) is 51.2 Å². The second kappa shape index (κ2) is 7.49. The number of carbonyl (C=O) groups excluding carboxylic acids is 2. The second-order valence-electron chi connectivity index (χ2n) is 6.56. The lowest BCUT2D eigenvalue weighted by Crippen LogP contribution is -2.59. The van der Waals surface area contributed by atoms with Crippen molar-refractivity contribution < 1.29 is 23.5 Å². The molecule has 0 atom stereocenters. The van der Waals surface area contributed by atoms with E-state index in [1.54, 1.807) is 24.1 Å². The van der Waals surface area contributed by atoms with Crippen LogP contribution in [0.3, 0.4) is 0 Å². The third-order valence-corrected chi connectivity index (χ3v) is 4.92. The molecule has 0 aliphatic carbocycles. The van der Waals surface area contributed by atoms with Gasteiger partial charge in [0.05, 0.1) is 25.2 Å². The minimum atomic E-state index is -0.474. The van der Waals surface area contributed by atoms with Crippen LogP contribution in [0, 0.1) is 5.82 Å². The number of nitrogens with zero attached hydrogens (tertiary/aromatic N) is 2. The van der Waals surface area contributed by atoms with Crippen molar-refractivity contribution in [1.82, 2.24) is 4.90 Å². The molecule has 2 amide bonds. The monoisotopic (exact) mass is 350 g/mol. The van der Waals surface area contributed by atoms with E-state index in [-0.39, 0.29) is 24.2 Å². The molecule has 2 aliphatic rings. The first-order valence-electron chi connectivity index (χ1n) is 8.50. The number of piperidine rings is 1. The fraction of sp³-hybridized carbons (Fsp3) is 0.556. The van der Waals surface area contributed by atoms with Crippen LogP contribution in [0.1, 0.15) is 19.3 Å². The van der Waals surface area contributed by atoms with Gasteiger partial charge in [-0.3, -0.25) is 9.59 Å². The predicted molar refractivity (Wildman–Crippen MR) is 89.7 cm³/mol. The molecule has 2 saturated heterocycles. The molecule has 2 heterocycles. The molecule has 3 rings (SSSR count). The maximum atomic E-state index is 13.5. The highest BCUT2D eigenvalue weighted by Gasteiger charge is 2.43. The highest BCUT2D eigenvalue weighted by molar-refractivity contribution is 5.95. The average Bonchev–Trinajstić information content (AvgIpc) is 2.62. The number of carbonyl (C=O) groups is 2. The van der Waals surface area contributed by atoms with Crippen LogP contribution in [-0.4, -0.2) is 62.3 Å². The zero-order valence-electron chi connectivity index (χ0n) is 14.4. The topological polar surface area (TPSA) is 59.1 Å². The third kappa shape index (κ3) is 3.99. The van der Waals surface area contributed by atoms with E-state index in [1.807, 2.05) is 4.90 Å². The lowest BCUT2D eigenvalue weighted by Gasteiger charge is -2.47. The van der Waals surface area contributed by atoms with E-state index in [9.17, 15) is 14.0 Å². The van der Waals surface area contributed by atoms with Gasteiger partial charge in [-0.25, -0.2) is 4.39 Å². The van der Waals surface area contributed by atoms with Crippen LogP contribution in [0.25, 0.3) is 0 Å². The summed E-state index contributed by atoms with van der Waals surface area (Å²) in [5.74, 6) is -0.468. The third-order valence-electron chi connectivity index (χ3n) is 4.92. The molecule has 0 aromatic heterocycles. The van der Waals surface area contributed by atoms with Crippen LogP contribution < -0.4 is 4.90 Å². The molecule has 1 aromatic rings. The minimum Gasteiger partial charge on any atom is -0.384 e. The molecular weight excluding hydrogens is 327 g/mol. The number of anilines is 1. The first kappa shape index (κ1) is 17.8. The molecule has 0 unspecified atom stereocenters. The first-order chi connectivity index (χ1) is 12.0. The van der Waals surface area contributed by atoms with Crippen molar-refractivity contribution >= 4 is 17.5 Å². The Kier molecular flexibility index (Phi) is 5.34. The summed E-state index contributed by atoms with van der Waals surface area (Å²) in [6.07, 6.45) is 1.69. The molecule has 1 spiro atoms. The maximum absolute atomic E-state index is 13.5. The van der Waals surface area contributed by atoms with Crippen molar-refractivity contribution in [3.05, 3.63) is 30.1 Å². The highest BCUT2D eigenvalue weighted by Crippen LogP contribution is 2.33. The molecule has 1 aromatic carbocycles. The summed E-state index contributed by atoms with van der Waals surface area (Å²) in [6, 6.07) is 6.04. The smallest absolute Gasteiger partial charge is 0.253 e. The molecule has 7 heteroatoms. The fourth-order valence-corrected chi connectivity index (χ4v) is 3.41. The van der Waals surface area contributed by atoms with E-state index in [1.165, 1.54) is 12.1 Å². The molecule has 0 N–H and O–H groups in total. The highest BCUT2D eigenvalue weighted by atomic mass is 19.1. The zero-order chi connectivity index (χ0) is 17.9. The van der Waals surface area contributed by atoms with Crippen LogP contribution >= 0.6 is 0 Å². The predicted octanol–water partition coefficient (Wildman–Crippen LogP) is 1.59. The zero-order valence-corrected chi connectivity index (χ0v) is 14.4. The van der Waals surface area contributed by atoms with Gasteiger partial charge in [0.1, 0.15) is 12.4 Å². The standard InChI is InChI=1S/C18H23FN2O4/c1-24-10-5-16(22)20-8-6-18(7-9-20)13-21(17(23)12-25-18)15-4-2-3-14(19)11-15/h2-4,11H,5-10,12-13H2,1H3. The first-order valence-corrected chi connectivity index (χ1v) is 8.50. The van der Waals surface area contributed by atoms with E-state index < -0.39 is 5.60 Å². The number of morpholine rings is 1. The number of hydrogen-bond donors (Lipinski definition) is 0. The summed E-state index contributed by atoms with van der Waals surface area (Å²) < 4.78 is 24.3. The Morgan fingerprint density at radius 2 is 2.12 bits per heavy atom. The summed E-state index contributed by atoms with van der Waals surface area (Å²) in [6.45, 7) is 1.96. The normalized spacial score (nSPS) is 20.2. The van der Waals surface area contributed by atoms with Crippen LogP contribution in [0.5, 0.6) is 0 Å². The Balaban J connectivity index is 1.65. The SMILES string of the molecule is COCCC(=O)N1CCC2(CC1)CN(c1cccc(F)c1)C(=O)CO2. The Morgan fingerprint density at radius 1 is 1.36 bits per heavy atom. The molecule has 25 heavy (non-hydrogen) atoms. The summed E-state index contributed by atoms with van der Waals surface area (Å²) in [5, 5.41) is 0. The molecular formula is C18H23FN2O4. The summed E-state index contributed by atoms with van der Waals surface area (Å²) in [7, 11) is 1.58. The van der Waals surface area contributed by atoms with E-state index in [2.05, 4.69) is 0 Å². The largest absolute Gasteiger partial charge is 0.384 e. The van der Waals surface area contributed by atoms with Gasteiger partial charge in [0.15, 0.2) is 0 Å². The van der Waals surface area contributed by atoms with Crippen molar-refractivity contribution in [3.8, 4) is 0 Å². The lowest BCUT2D eigenvalue weighted by atomic mass is 9.89. The van der Waals surface area contributed by atoms with Crippen LogP contribution in [-0.2, 0) is 19.1 Å². The molecule has 136 valence electrons. The Labute approximate surface area is 146 Å². The van der Waals surface area contributed by atoms with Crippen molar-refractivity contribution in [3.63, 3.8) is 0 Å². The molecule has 0 saturated carbocycles. The fourth-order valence-electron chi connectivity index (χ4n) is 3.41. The summed E-state index contributed by atoms with van der Waals surface area (Å²) >= 11 is 0. The van der Waals surface area contributed by atoms with E-state index in [4.69, 9.17) is 9.47 Å². The van der Waals surface area contributed by atoms with Gasteiger partial charge in [0, 0.05) is 25.9 Å². The van der Waals surface area contributed by atoms with Crippen molar-refractivity contribution in [1.29, 1.82) is 0 Å². The number of benzene rings is 1. The molecule has 6 nitrogen and oxygen atoms in total. The van der Waals surface area contributed by atoms with Gasteiger partial charge in [-0.15, -0.1) is 0 Å². The van der Waals surface area contributed by atoms with E-state index in [0.717, 1.165) is 0 Å². The average molecular weight is 350 g/mol. The number of methoxy groups -OCH3 is 1. The Morgan fingerprint density at radius 3 is 2.80 bits per heavy atom. The van der Waals surface area contributed by atoms with Gasteiger partial charge >= 0.3 is 0 Å². The number of hydrogen-bond acceptors (Lipinski definition) is 4. The Bertz CT molecular complexity index is 644. The Hall–Kier alpha value is -1.99. The van der Waals surface area contributed by atoms with Crippen LogP contribution in [0.2, 0.25) is 0 Å². The van der Waals surface area contributed by atoms with Gasteiger partial charge in [-0.05, 0) is 31.0 Å². The van der Waals surface area contributed by atoms with Crippen molar-refractivity contribution in [2.45, 2.75) is 24.9 Å². The minimum absolute atomic E-state index is 0.0197. The molecule has 0 bridgehead atoms. The number of halogens is 1. The summed E-state index contributed by atoms with van der Waals surface area (Å²) in [5.41, 5.74) is 0.0735. The second-order valence-corrected chi connectivity index (χ2v) is 6.56. The quantitative estimate of drug-likeness (QED) is 0.827. The number of likely N-dealkylation sites (tertiary alicyclic amines) is 1. The lowest BCUT2D eigenvalue weighted by molar-refractivity contribution is -0.150. The van der Waals surface area contributed by atoms with Gasteiger partial charge < -0.3 is 19.3 Å². The van der Waals surface area contributed by atoms with E-state index >= 15 is 0 Å². The van der Waals surface area contributed by atoms with Gasteiger partial charge in [-0.2, -0.15) is 0 Å². The number of amides is 2. The van der Waals surface area contributed by atoms with Gasteiger partial charge in [0.25, 0.3) is 5.91 Å². The number of rotatable bonds is 4. The van der Waals surface area contributed by atoms with Gasteiger partial charge in [0.2, 0.25) is 5.91 Å². The van der Waals surface area contributed by atoms with Crippen LogP contribution in [0.15, 0.2) is 24.3 Å². The van der Waals surface area contributed by atoms with Crippen molar-refractivity contribution in [2.24, 2.45) is 0 Å². The summed E-state index contributed by atoms with van der Waals surface area (Å²) in [4.78, 5) is 27.7. The maximum Gasteiger partial charge on any atom is 0.253 e. The van der Waals surface area contributed by atoms with Gasteiger partial charge in [-0.1, -0.05) is 6.07 Å². The molecule has 2 aliphatic heterocycles.